The third-order valence-electron chi connectivity index (χ3n) is 5.09. The lowest BCUT2D eigenvalue weighted by Gasteiger charge is -2.12. The summed E-state index contributed by atoms with van der Waals surface area (Å²) in [5.74, 6) is 0.541. The third kappa shape index (κ3) is 6.02. The maximum atomic E-state index is 11.0. The fourth-order valence-electron chi connectivity index (χ4n) is 3.45. The van der Waals surface area contributed by atoms with Crippen LogP contribution < -0.4 is 4.74 Å². The van der Waals surface area contributed by atoms with Gasteiger partial charge in [0, 0.05) is 28.7 Å². The zero-order valence-corrected chi connectivity index (χ0v) is 18.4. The molecule has 32 heavy (non-hydrogen) atoms. The number of fused-ring (bicyclic) bond motifs is 1. The molecule has 0 aliphatic rings. The van der Waals surface area contributed by atoms with Crippen molar-refractivity contribution in [1.82, 2.24) is 0 Å². The zero-order valence-electron chi connectivity index (χ0n) is 17.6. The number of rotatable bonds is 9. The van der Waals surface area contributed by atoms with E-state index >= 15 is 0 Å². The van der Waals surface area contributed by atoms with Crippen molar-refractivity contribution in [2.24, 2.45) is 0 Å². The number of ether oxygens (including phenoxy) is 1. The van der Waals surface area contributed by atoms with Crippen LogP contribution in [0.25, 0.3) is 16.8 Å². The molecule has 4 heteroatoms. The van der Waals surface area contributed by atoms with E-state index in [9.17, 15) is 4.79 Å². The summed E-state index contributed by atoms with van der Waals surface area (Å²) >= 11 is 1.76. The minimum absolute atomic E-state index is 0.515. The molecule has 4 aromatic carbocycles. The smallest absolute Gasteiger partial charge is 0.328 e. The van der Waals surface area contributed by atoms with Gasteiger partial charge in [-0.3, -0.25) is 0 Å². The van der Waals surface area contributed by atoms with Crippen molar-refractivity contribution in [3.8, 4) is 5.75 Å². The molecule has 0 aliphatic heterocycles. The average Bonchev–Trinajstić information content (AvgIpc) is 2.82. The molecule has 3 nitrogen and oxygen atoms in total. The van der Waals surface area contributed by atoms with E-state index in [0.717, 1.165) is 29.4 Å². The highest BCUT2D eigenvalue weighted by molar-refractivity contribution is 7.98. The Morgan fingerprint density at radius 3 is 2.41 bits per heavy atom. The molecule has 0 saturated carbocycles. The van der Waals surface area contributed by atoms with E-state index in [2.05, 4.69) is 42.5 Å². The van der Waals surface area contributed by atoms with E-state index in [1.54, 1.807) is 17.8 Å². The van der Waals surface area contributed by atoms with Crippen LogP contribution in [0.2, 0.25) is 0 Å². The molecule has 0 atom stereocenters. The molecular weight excluding hydrogens is 416 g/mol. The first-order chi connectivity index (χ1) is 15.7. The van der Waals surface area contributed by atoms with Crippen LogP contribution in [0.4, 0.5) is 0 Å². The predicted octanol–water partition coefficient (Wildman–Crippen LogP) is 6.85. The summed E-state index contributed by atoms with van der Waals surface area (Å²) < 4.78 is 6.12. The van der Waals surface area contributed by atoms with Crippen LogP contribution in [-0.2, 0) is 17.0 Å². The lowest BCUT2D eigenvalue weighted by molar-refractivity contribution is -0.131. The maximum absolute atomic E-state index is 11.0. The molecule has 4 rings (SSSR count). The van der Waals surface area contributed by atoms with Gasteiger partial charge in [0.15, 0.2) is 0 Å². The Bertz CT molecular complexity index is 1230. The number of hydrogen-bond acceptors (Lipinski definition) is 3. The van der Waals surface area contributed by atoms with E-state index in [4.69, 9.17) is 9.84 Å². The minimum atomic E-state index is -0.976. The number of thioether (sulfide) groups is 1. The second kappa shape index (κ2) is 10.7. The van der Waals surface area contributed by atoms with E-state index < -0.39 is 5.97 Å². The van der Waals surface area contributed by atoms with Gasteiger partial charge in [-0.25, -0.2) is 4.79 Å². The molecule has 0 unspecified atom stereocenters. The van der Waals surface area contributed by atoms with Crippen LogP contribution in [0, 0.1) is 0 Å². The summed E-state index contributed by atoms with van der Waals surface area (Å²) in [6.45, 7) is 0.515. The monoisotopic (exact) mass is 440 g/mol. The van der Waals surface area contributed by atoms with Crippen LogP contribution in [0.3, 0.4) is 0 Å². The van der Waals surface area contributed by atoms with E-state index in [1.165, 1.54) is 21.2 Å². The van der Waals surface area contributed by atoms with Crippen LogP contribution in [0.1, 0.15) is 16.7 Å². The third-order valence-corrected chi connectivity index (χ3v) is 6.18. The number of carboxylic acid groups (broad SMARTS) is 1. The van der Waals surface area contributed by atoms with Crippen LogP contribution in [0.15, 0.2) is 102 Å². The summed E-state index contributed by atoms with van der Waals surface area (Å²) in [5.41, 5.74) is 3.11. The second-order valence-corrected chi connectivity index (χ2v) is 8.47. The Kier molecular flexibility index (Phi) is 7.26. The van der Waals surface area contributed by atoms with Crippen molar-refractivity contribution in [1.29, 1.82) is 0 Å². The Morgan fingerprint density at radius 1 is 0.844 bits per heavy atom. The van der Waals surface area contributed by atoms with Gasteiger partial charge in [-0.05, 0) is 46.2 Å². The fourth-order valence-corrected chi connectivity index (χ4v) is 4.31. The minimum Gasteiger partial charge on any atom is -0.493 e. The molecular formula is C28H24O3S. The van der Waals surface area contributed by atoms with Gasteiger partial charge in [-0.15, -0.1) is 11.8 Å². The van der Waals surface area contributed by atoms with Crippen molar-refractivity contribution in [3.63, 3.8) is 0 Å². The Labute approximate surface area is 192 Å². The van der Waals surface area contributed by atoms with Gasteiger partial charge in [-0.2, -0.15) is 0 Å². The average molecular weight is 441 g/mol. The maximum Gasteiger partial charge on any atom is 0.328 e. The van der Waals surface area contributed by atoms with Crippen LogP contribution >= 0.6 is 11.8 Å². The number of aliphatic carboxylic acids is 1. The highest BCUT2D eigenvalue weighted by Crippen LogP contribution is 2.28. The van der Waals surface area contributed by atoms with Crippen LogP contribution in [0.5, 0.6) is 5.75 Å². The molecule has 0 radical (unpaired) electrons. The normalized spacial score (nSPS) is 11.1. The first kappa shape index (κ1) is 21.7. The molecule has 0 aliphatic carbocycles. The standard InChI is InChI=1S/C28H24O3S/c29-28(30)15-14-24-13-11-22(20-32-26-8-2-1-3-9-26)19-27(24)31-17-16-21-10-12-23-6-4-5-7-25(23)18-21/h1-15,18-19H,16-17,20H2,(H,29,30). The lowest BCUT2D eigenvalue weighted by atomic mass is 10.1. The summed E-state index contributed by atoms with van der Waals surface area (Å²) in [7, 11) is 0. The molecule has 160 valence electrons. The summed E-state index contributed by atoms with van der Waals surface area (Å²) in [6.07, 6.45) is 3.50. The van der Waals surface area contributed by atoms with Gasteiger partial charge in [0.05, 0.1) is 6.61 Å². The molecule has 0 bridgehead atoms. The lowest BCUT2D eigenvalue weighted by Crippen LogP contribution is -2.03. The Hall–Kier alpha value is -3.50. The van der Waals surface area contributed by atoms with Gasteiger partial charge >= 0.3 is 5.97 Å². The highest BCUT2D eigenvalue weighted by atomic mass is 32.2. The van der Waals surface area contributed by atoms with Gasteiger partial charge < -0.3 is 9.84 Å². The van der Waals surface area contributed by atoms with E-state index in [1.807, 2.05) is 48.5 Å². The van der Waals surface area contributed by atoms with E-state index in [-0.39, 0.29) is 0 Å². The molecule has 0 aromatic heterocycles. The molecule has 1 N–H and O–H groups in total. The van der Waals surface area contributed by atoms with Crippen molar-refractivity contribution < 1.29 is 14.6 Å². The molecule has 0 spiro atoms. The molecule has 0 fully saturated rings. The predicted molar refractivity (Wildman–Crippen MR) is 132 cm³/mol. The van der Waals surface area contributed by atoms with Crippen molar-refractivity contribution >= 4 is 34.6 Å². The Balaban J connectivity index is 1.46. The van der Waals surface area contributed by atoms with Crippen molar-refractivity contribution in [2.75, 3.05) is 6.61 Å². The number of carbonyl (C=O) groups is 1. The highest BCUT2D eigenvalue weighted by Gasteiger charge is 2.06. The van der Waals surface area contributed by atoms with Gasteiger partial charge in [-0.1, -0.05) is 72.8 Å². The quantitative estimate of drug-likeness (QED) is 0.228. The Morgan fingerprint density at radius 2 is 1.59 bits per heavy atom. The molecule has 0 amide bonds. The summed E-state index contributed by atoms with van der Waals surface area (Å²) in [5, 5.41) is 11.5. The van der Waals surface area contributed by atoms with Crippen molar-refractivity contribution in [3.05, 3.63) is 114 Å². The zero-order chi connectivity index (χ0) is 22.2. The van der Waals surface area contributed by atoms with Gasteiger partial charge in [0.25, 0.3) is 0 Å². The summed E-state index contributed by atoms with van der Waals surface area (Å²) in [4.78, 5) is 12.2. The fraction of sp³-hybridized carbons (Fsp3) is 0.107. The van der Waals surface area contributed by atoms with Crippen LogP contribution in [-0.4, -0.2) is 17.7 Å². The van der Waals surface area contributed by atoms with E-state index in [0.29, 0.717) is 12.4 Å². The topological polar surface area (TPSA) is 46.5 Å². The van der Waals surface area contributed by atoms with Crippen molar-refractivity contribution in [2.45, 2.75) is 17.1 Å². The molecule has 4 aromatic rings. The van der Waals surface area contributed by atoms with Gasteiger partial charge in [0.1, 0.15) is 5.75 Å². The number of carboxylic acids is 1. The SMILES string of the molecule is O=C(O)C=Cc1ccc(CSc2ccccc2)cc1OCCc1ccc2ccccc2c1. The first-order valence-corrected chi connectivity index (χ1v) is 11.5. The largest absolute Gasteiger partial charge is 0.493 e. The number of hydrogen-bond donors (Lipinski definition) is 1. The molecule has 0 saturated heterocycles. The molecule has 0 heterocycles. The second-order valence-electron chi connectivity index (χ2n) is 7.43. The number of benzene rings is 4. The summed E-state index contributed by atoms with van der Waals surface area (Å²) in [6, 6.07) is 31.0. The first-order valence-electron chi connectivity index (χ1n) is 10.5. The van der Waals surface area contributed by atoms with Gasteiger partial charge in [0.2, 0.25) is 0 Å².